The lowest BCUT2D eigenvalue weighted by Crippen LogP contribution is -2.36. The maximum absolute atomic E-state index is 11.9. The van der Waals surface area contributed by atoms with Crippen molar-refractivity contribution in [3.05, 3.63) is 32.4 Å². The van der Waals surface area contributed by atoms with Crippen molar-refractivity contribution in [2.75, 3.05) is 13.1 Å². The molecule has 1 amide bonds. The normalized spacial score (nSPS) is 18.6. The molecule has 6 heteroatoms. The minimum atomic E-state index is -0.0247. The molecule has 17 heavy (non-hydrogen) atoms. The molecule has 0 radical (unpaired) electrons. The van der Waals surface area contributed by atoms with Crippen LogP contribution < -0.4 is 10.6 Å². The SMILES string of the molecule is Cl.O=C(NC1CCNC1)c1ccc(Cl)c(I)c1. The van der Waals surface area contributed by atoms with Gasteiger partial charge in [-0.05, 0) is 53.8 Å². The fourth-order valence-corrected chi connectivity index (χ4v) is 2.32. The Morgan fingerprint density at radius 2 is 2.29 bits per heavy atom. The molecule has 1 aromatic rings. The van der Waals surface area contributed by atoms with Gasteiger partial charge in [0.1, 0.15) is 0 Å². The van der Waals surface area contributed by atoms with Crippen molar-refractivity contribution < 1.29 is 4.79 Å². The summed E-state index contributed by atoms with van der Waals surface area (Å²) in [5.74, 6) is -0.0247. The van der Waals surface area contributed by atoms with Gasteiger partial charge in [-0.1, -0.05) is 11.6 Å². The fraction of sp³-hybridized carbons (Fsp3) is 0.364. The molecular formula is C11H13Cl2IN2O. The molecule has 0 bridgehead atoms. The summed E-state index contributed by atoms with van der Waals surface area (Å²) >= 11 is 8.03. The Morgan fingerprint density at radius 3 is 2.88 bits per heavy atom. The first kappa shape index (κ1) is 15.0. The third kappa shape index (κ3) is 3.98. The summed E-state index contributed by atoms with van der Waals surface area (Å²) in [7, 11) is 0. The molecule has 0 aromatic heterocycles. The van der Waals surface area contributed by atoms with E-state index in [0.717, 1.165) is 23.1 Å². The number of hydrogen-bond acceptors (Lipinski definition) is 2. The van der Waals surface area contributed by atoms with E-state index in [-0.39, 0.29) is 24.4 Å². The second-order valence-electron chi connectivity index (χ2n) is 3.79. The van der Waals surface area contributed by atoms with Gasteiger partial charge in [0.2, 0.25) is 0 Å². The largest absolute Gasteiger partial charge is 0.348 e. The molecule has 1 saturated heterocycles. The molecule has 1 unspecified atom stereocenters. The summed E-state index contributed by atoms with van der Waals surface area (Å²) in [6.07, 6.45) is 0.996. The van der Waals surface area contributed by atoms with Crippen molar-refractivity contribution in [2.24, 2.45) is 0 Å². The van der Waals surface area contributed by atoms with Crippen LogP contribution in [0.3, 0.4) is 0 Å². The second-order valence-corrected chi connectivity index (χ2v) is 5.36. The molecule has 1 atom stereocenters. The Balaban J connectivity index is 0.00000144. The van der Waals surface area contributed by atoms with Gasteiger partial charge in [0.25, 0.3) is 5.91 Å². The van der Waals surface area contributed by atoms with Crippen LogP contribution in [0.1, 0.15) is 16.8 Å². The third-order valence-electron chi connectivity index (χ3n) is 2.58. The van der Waals surface area contributed by atoms with E-state index < -0.39 is 0 Å². The van der Waals surface area contributed by atoms with Crippen molar-refractivity contribution in [3.8, 4) is 0 Å². The average Bonchev–Trinajstić information content (AvgIpc) is 2.74. The maximum atomic E-state index is 11.9. The van der Waals surface area contributed by atoms with Crippen LogP contribution in [0.4, 0.5) is 0 Å². The lowest BCUT2D eigenvalue weighted by molar-refractivity contribution is 0.0940. The zero-order valence-corrected chi connectivity index (χ0v) is 12.7. The van der Waals surface area contributed by atoms with Crippen LogP contribution in [0, 0.1) is 3.57 Å². The van der Waals surface area contributed by atoms with Crippen molar-refractivity contribution in [2.45, 2.75) is 12.5 Å². The monoisotopic (exact) mass is 386 g/mol. The highest BCUT2D eigenvalue weighted by atomic mass is 127. The summed E-state index contributed by atoms with van der Waals surface area (Å²) in [5.41, 5.74) is 0.667. The molecule has 1 fully saturated rings. The minimum absolute atomic E-state index is 0. The molecule has 2 N–H and O–H groups in total. The predicted molar refractivity (Wildman–Crippen MR) is 80.2 cm³/mol. The Labute approximate surface area is 125 Å². The first-order chi connectivity index (χ1) is 7.66. The molecule has 0 saturated carbocycles. The van der Waals surface area contributed by atoms with Crippen LogP contribution in [0.5, 0.6) is 0 Å². The smallest absolute Gasteiger partial charge is 0.251 e. The van der Waals surface area contributed by atoms with Gasteiger partial charge in [-0.2, -0.15) is 0 Å². The Bertz CT molecular complexity index is 408. The van der Waals surface area contributed by atoms with Gasteiger partial charge in [-0.3, -0.25) is 4.79 Å². The van der Waals surface area contributed by atoms with Crippen molar-refractivity contribution in [1.82, 2.24) is 10.6 Å². The Hall–Kier alpha value is -0.0400. The predicted octanol–water partition coefficient (Wildman–Crippen LogP) is 2.46. The first-order valence-electron chi connectivity index (χ1n) is 5.13. The summed E-state index contributed by atoms with van der Waals surface area (Å²) < 4.78 is 0.900. The number of benzene rings is 1. The second kappa shape index (κ2) is 6.78. The van der Waals surface area contributed by atoms with Gasteiger partial charge in [0.15, 0.2) is 0 Å². The third-order valence-corrected chi connectivity index (χ3v) is 4.12. The number of hydrogen-bond donors (Lipinski definition) is 2. The average molecular weight is 387 g/mol. The molecule has 0 spiro atoms. The molecule has 1 aromatic carbocycles. The lowest BCUT2D eigenvalue weighted by Gasteiger charge is -2.11. The van der Waals surface area contributed by atoms with Crippen molar-refractivity contribution >= 4 is 52.5 Å². The maximum Gasteiger partial charge on any atom is 0.251 e. The lowest BCUT2D eigenvalue weighted by atomic mass is 10.2. The van der Waals surface area contributed by atoms with E-state index in [1.165, 1.54) is 0 Å². The van der Waals surface area contributed by atoms with Gasteiger partial charge in [0, 0.05) is 21.7 Å². The molecule has 1 heterocycles. The molecule has 1 aliphatic heterocycles. The fourth-order valence-electron chi connectivity index (χ4n) is 1.68. The Morgan fingerprint density at radius 1 is 1.53 bits per heavy atom. The number of halogens is 3. The van der Waals surface area contributed by atoms with E-state index in [0.29, 0.717) is 10.6 Å². The standard InChI is InChI=1S/C11H12ClIN2O.ClH/c12-9-2-1-7(5-10(9)13)11(16)15-8-3-4-14-6-8;/h1-2,5,8,14H,3-4,6H2,(H,15,16);1H. The van der Waals surface area contributed by atoms with Gasteiger partial charge in [0.05, 0.1) is 5.02 Å². The van der Waals surface area contributed by atoms with Crippen molar-refractivity contribution in [1.29, 1.82) is 0 Å². The van der Waals surface area contributed by atoms with Crippen molar-refractivity contribution in [3.63, 3.8) is 0 Å². The summed E-state index contributed by atoms with van der Waals surface area (Å²) in [6.45, 7) is 1.83. The van der Waals surface area contributed by atoms with E-state index in [1.807, 2.05) is 0 Å². The van der Waals surface area contributed by atoms with Crippen LogP contribution in [0.25, 0.3) is 0 Å². The Kier molecular flexibility index (Phi) is 5.99. The molecule has 2 rings (SSSR count). The number of rotatable bonds is 2. The first-order valence-corrected chi connectivity index (χ1v) is 6.59. The van der Waals surface area contributed by atoms with Gasteiger partial charge < -0.3 is 10.6 Å². The number of amides is 1. The molecule has 1 aliphatic rings. The number of carbonyl (C=O) groups excluding carboxylic acids is 1. The summed E-state index contributed by atoms with van der Waals surface area (Å²) in [5, 5.41) is 6.89. The highest BCUT2D eigenvalue weighted by Crippen LogP contribution is 2.19. The van der Waals surface area contributed by atoms with Gasteiger partial charge in [-0.25, -0.2) is 0 Å². The zero-order chi connectivity index (χ0) is 11.5. The zero-order valence-electron chi connectivity index (χ0n) is 9.00. The van der Waals surface area contributed by atoms with Crippen LogP contribution in [0.15, 0.2) is 18.2 Å². The van der Waals surface area contributed by atoms with E-state index in [4.69, 9.17) is 11.6 Å². The summed E-state index contributed by atoms with van der Waals surface area (Å²) in [6, 6.07) is 5.56. The van der Waals surface area contributed by atoms with E-state index in [2.05, 4.69) is 33.2 Å². The van der Waals surface area contributed by atoms with Crippen LogP contribution >= 0.6 is 46.6 Å². The summed E-state index contributed by atoms with van der Waals surface area (Å²) in [4.78, 5) is 11.9. The molecule has 3 nitrogen and oxygen atoms in total. The molecular weight excluding hydrogens is 374 g/mol. The minimum Gasteiger partial charge on any atom is -0.348 e. The quantitative estimate of drug-likeness (QED) is 0.766. The van der Waals surface area contributed by atoms with Crippen LogP contribution in [0.2, 0.25) is 5.02 Å². The van der Waals surface area contributed by atoms with Gasteiger partial charge in [-0.15, -0.1) is 12.4 Å². The molecule has 0 aliphatic carbocycles. The van der Waals surface area contributed by atoms with Gasteiger partial charge >= 0.3 is 0 Å². The van der Waals surface area contributed by atoms with E-state index >= 15 is 0 Å². The van der Waals surface area contributed by atoms with Crippen LogP contribution in [-0.4, -0.2) is 25.0 Å². The number of nitrogens with one attached hydrogen (secondary N) is 2. The van der Waals surface area contributed by atoms with E-state index in [9.17, 15) is 4.79 Å². The van der Waals surface area contributed by atoms with Crippen LogP contribution in [-0.2, 0) is 0 Å². The molecule has 94 valence electrons. The topological polar surface area (TPSA) is 41.1 Å². The highest BCUT2D eigenvalue weighted by Gasteiger charge is 2.17. The van der Waals surface area contributed by atoms with E-state index in [1.54, 1.807) is 18.2 Å². The highest BCUT2D eigenvalue weighted by molar-refractivity contribution is 14.1. The number of carbonyl (C=O) groups is 1.